The standard InChI is InChI=1S/C19H22N6O2S2/c1-4-13-7-5-6-8-14(13)21-16(26)11-15-23-24-19(25(15)3)29-12(2)17(27)22-18-20-9-10-28-18/h5-10,12H,4,11H2,1-3H3,(H,21,26)(H,20,22,27)/t12-/m1/s1. The molecule has 2 N–H and O–H groups in total. The molecule has 0 radical (unpaired) electrons. The second kappa shape index (κ2) is 9.66. The number of aryl methyl sites for hydroxylation is 1. The van der Waals surface area contributed by atoms with Crippen LogP contribution in [0.15, 0.2) is 41.0 Å². The molecule has 0 aliphatic carbocycles. The molecular formula is C19H22N6O2S2. The molecule has 2 heterocycles. The van der Waals surface area contributed by atoms with Gasteiger partial charge >= 0.3 is 0 Å². The molecule has 29 heavy (non-hydrogen) atoms. The zero-order valence-electron chi connectivity index (χ0n) is 16.4. The minimum atomic E-state index is -0.389. The first-order valence-electron chi connectivity index (χ1n) is 9.11. The number of hydrogen-bond donors (Lipinski definition) is 2. The number of nitrogens with zero attached hydrogens (tertiary/aromatic N) is 4. The lowest BCUT2D eigenvalue weighted by Gasteiger charge is -2.11. The number of thioether (sulfide) groups is 1. The summed E-state index contributed by atoms with van der Waals surface area (Å²) in [4.78, 5) is 28.8. The quantitative estimate of drug-likeness (QED) is 0.533. The smallest absolute Gasteiger partial charge is 0.239 e. The van der Waals surface area contributed by atoms with Crippen LogP contribution in [0.3, 0.4) is 0 Å². The Morgan fingerprint density at radius 3 is 2.76 bits per heavy atom. The molecule has 2 amide bonds. The molecule has 0 saturated heterocycles. The van der Waals surface area contributed by atoms with Crippen LogP contribution in [0.5, 0.6) is 0 Å². The van der Waals surface area contributed by atoms with Crippen LogP contribution < -0.4 is 10.6 Å². The number of rotatable bonds is 8. The number of aromatic nitrogens is 4. The van der Waals surface area contributed by atoms with Crippen molar-refractivity contribution < 1.29 is 9.59 Å². The molecule has 10 heteroatoms. The van der Waals surface area contributed by atoms with Crippen molar-refractivity contribution in [2.75, 3.05) is 10.6 Å². The lowest BCUT2D eigenvalue weighted by Crippen LogP contribution is -2.23. The van der Waals surface area contributed by atoms with E-state index in [-0.39, 0.29) is 23.5 Å². The summed E-state index contributed by atoms with van der Waals surface area (Å²) >= 11 is 2.64. The Hall–Kier alpha value is -2.72. The van der Waals surface area contributed by atoms with E-state index in [4.69, 9.17) is 0 Å². The topological polar surface area (TPSA) is 102 Å². The molecule has 3 rings (SSSR count). The van der Waals surface area contributed by atoms with E-state index in [0.717, 1.165) is 17.7 Å². The molecule has 2 aromatic heterocycles. The molecule has 0 bridgehead atoms. The van der Waals surface area contributed by atoms with E-state index in [1.807, 2.05) is 31.2 Å². The van der Waals surface area contributed by atoms with Crippen molar-refractivity contribution in [3.63, 3.8) is 0 Å². The van der Waals surface area contributed by atoms with Crippen LogP contribution in [0.4, 0.5) is 10.8 Å². The Bertz CT molecular complexity index is 987. The van der Waals surface area contributed by atoms with E-state index in [1.165, 1.54) is 23.1 Å². The molecule has 0 saturated carbocycles. The lowest BCUT2D eigenvalue weighted by atomic mass is 10.1. The zero-order chi connectivity index (χ0) is 20.8. The van der Waals surface area contributed by atoms with Gasteiger partial charge in [-0.2, -0.15) is 0 Å². The van der Waals surface area contributed by atoms with Crippen LogP contribution >= 0.6 is 23.1 Å². The summed E-state index contributed by atoms with van der Waals surface area (Å²) in [5, 5.41) is 16.5. The number of benzene rings is 1. The minimum absolute atomic E-state index is 0.0990. The van der Waals surface area contributed by atoms with Gasteiger partial charge in [-0.3, -0.25) is 9.59 Å². The van der Waals surface area contributed by atoms with Gasteiger partial charge in [-0.25, -0.2) is 4.98 Å². The minimum Gasteiger partial charge on any atom is -0.325 e. The SMILES string of the molecule is CCc1ccccc1NC(=O)Cc1nnc(S[C@H](C)C(=O)Nc2nccs2)n1C. The zero-order valence-corrected chi connectivity index (χ0v) is 18.0. The van der Waals surface area contributed by atoms with Crippen LogP contribution in [-0.4, -0.2) is 36.8 Å². The number of carbonyl (C=O) groups is 2. The number of carbonyl (C=O) groups excluding carboxylic acids is 2. The Morgan fingerprint density at radius 1 is 1.24 bits per heavy atom. The highest BCUT2D eigenvalue weighted by Gasteiger charge is 2.20. The summed E-state index contributed by atoms with van der Waals surface area (Å²) in [5.74, 6) is 0.211. The second-order valence-electron chi connectivity index (χ2n) is 6.28. The van der Waals surface area contributed by atoms with Gasteiger partial charge in [0, 0.05) is 24.3 Å². The molecule has 0 aliphatic rings. The highest BCUT2D eigenvalue weighted by molar-refractivity contribution is 8.00. The predicted octanol–water partition coefficient (Wildman–Crippen LogP) is 3.13. The first kappa shape index (κ1) is 21.0. The van der Waals surface area contributed by atoms with Crippen LogP contribution in [0, 0.1) is 0 Å². The van der Waals surface area contributed by atoms with E-state index in [9.17, 15) is 9.59 Å². The third kappa shape index (κ3) is 5.42. The Balaban J connectivity index is 1.60. The summed E-state index contributed by atoms with van der Waals surface area (Å²) in [6.07, 6.45) is 2.57. The van der Waals surface area contributed by atoms with Gasteiger partial charge in [-0.1, -0.05) is 36.9 Å². The Kier molecular flexibility index (Phi) is 6.99. The van der Waals surface area contributed by atoms with Gasteiger partial charge in [0.05, 0.1) is 11.7 Å². The van der Waals surface area contributed by atoms with Crippen molar-refractivity contribution in [1.82, 2.24) is 19.7 Å². The van der Waals surface area contributed by atoms with Crippen molar-refractivity contribution in [2.45, 2.75) is 37.1 Å². The third-order valence-corrected chi connectivity index (χ3v) is 6.05. The van der Waals surface area contributed by atoms with Crippen molar-refractivity contribution in [1.29, 1.82) is 0 Å². The molecule has 1 aromatic carbocycles. The van der Waals surface area contributed by atoms with E-state index >= 15 is 0 Å². The Morgan fingerprint density at radius 2 is 2.03 bits per heavy atom. The fourth-order valence-corrected chi connectivity index (χ4v) is 3.96. The Labute approximate surface area is 177 Å². The summed E-state index contributed by atoms with van der Waals surface area (Å²) in [6, 6.07) is 7.72. The number of anilines is 2. The summed E-state index contributed by atoms with van der Waals surface area (Å²) in [5.41, 5.74) is 1.89. The van der Waals surface area contributed by atoms with Gasteiger partial charge in [0.1, 0.15) is 5.82 Å². The average molecular weight is 431 g/mol. The van der Waals surface area contributed by atoms with Crippen LogP contribution in [0.25, 0.3) is 0 Å². The number of amides is 2. The third-order valence-electron chi connectivity index (χ3n) is 4.23. The maximum atomic E-state index is 12.5. The molecule has 8 nitrogen and oxygen atoms in total. The molecule has 3 aromatic rings. The van der Waals surface area contributed by atoms with Gasteiger partial charge in [0.15, 0.2) is 10.3 Å². The summed E-state index contributed by atoms with van der Waals surface area (Å²) in [6.45, 7) is 3.83. The molecule has 1 atom stereocenters. The monoisotopic (exact) mass is 430 g/mol. The van der Waals surface area contributed by atoms with Crippen LogP contribution in [-0.2, 0) is 29.5 Å². The fourth-order valence-electron chi connectivity index (χ4n) is 2.59. The normalized spacial score (nSPS) is 11.8. The van der Waals surface area contributed by atoms with Crippen molar-refractivity contribution >= 4 is 45.7 Å². The van der Waals surface area contributed by atoms with Crippen LogP contribution in [0.1, 0.15) is 25.2 Å². The molecular weight excluding hydrogens is 408 g/mol. The van der Waals surface area contributed by atoms with Gasteiger partial charge in [0.25, 0.3) is 0 Å². The predicted molar refractivity (Wildman–Crippen MR) is 115 cm³/mol. The first-order valence-corrected chi connectivity index (χ1v) is 10.9. The van der Waals surface area contributed by atoms with Gasteiger partial charge in [0.2, 0.25) is 11.8 Å². The molecule has 0 spiro atoms. The van der Waals surface area contributed by atoms with E-state index in [0.29, 0.717) is 16.1 Å². The molecule has 152 valence electrons. The number of hydrogen-bond acceptors (Lipinski definition) is 7. The second-order valence-corrected chi connectivity index (χ2v) is 8.48. The highest BCUT2D eigenvalue weighted by Crippen LogP contribution is 2.23. The van der Waals surface area contributed by atoms with Crippen LogP contribution in [0.2, 0.25) is 0 Å². The fraction of sp³-hybridized carbons (Fsp3) is 0.316. The molecule has 0 aliphatic heterocycles. The average Bonchev–Trinajstić information content (AvgIpc) is 3.33. The van der Waals surface area contributed by atoms with E-state index in [2.05, 4.69) is 25.8 Å². The van der Waals surface area contributed by atoms with Crippen molar-refractivity contribution in [3.8, 4) is 0 Å². The maximum absolute atomic E-state index is 12.5. The van der Waals surface area contributed by atoms with Gasteiger partial charge in [-0.05, 0) is 25.0 Å². The van der Waals surface area contributed by atoms with E-state index in [1.54, 1.807) is 30.1 Å². The maximum Gasteiger partial charge on any atom is 0.239 e. The van der Waals surface area contributed by atoms with Gasteiger partial charge < -0.3 is 15.2 Å². The molecule has 0 unspecified atom stereocenters. The lowest BCUT2D eigenvalue weighted by molar-refractivity contribution is -0.116. The number of thiazole rings is 1. The summed E-state index contributed by atoms with van der Waals surface area (Å²) in [7, 11) is 1.79. The largest absolute Gasteiger partial charge is 0.325 e. The molecule has 0 fully saturated rings. The van der Waals surface area contributed by atoms with Crippen molar-refractivity contribution in [2.24, 2.45) is 7.05 Å². The van der Waals surface area contributed by atoms with E-state index < -0.39 is 0 Å². The first-order chi connectivity index (χ1) is 14.0. The number of para-hydroxylation sites is 1. The van der Waals surface area contributed by atoms with Crippen molar-refractivity contribution in [3.05, 3.63) is 47.2 Å². The van der Waals surface area contributed by atoms with Gasteiger partial charge in [-0.15, -0.1) is 21.5 Å². The summed E-state index contributed by atoms with van der Waals surface area (Å²) < 4.78 is 1.74. The highest BCUT2D eigenvalue weighted by atomic mass is 32.2. The number of nitrogens with one attached hydrogen (secondary N) is 2.